The maximum atomic E-state index is 11.3. The molecule has 0 fully saturated rings. The molecule has 0 aromatic heterocycles. The van der Waals surface area contributed by atoms with Crippen LogP contribution in [0.15, 0.2) is 0 Å². The van der Waals surface area contributed by atoms with E-state index >= 15 is 0 Å². The smallest absolute Gasteiger partial charge is 0.407 e. The number of alkyl carbamates (subject to hydrolysis) is 1. The Balaban J connectivity index is 3.78. The Bertz CT molecular complexity index is 224. The normalized spacial score (nSPS) is 13.6. The number of nitrogens with two attached hydrogens (primary N) is 1. The van der Waals surface area contributed by atoms with Crippen molar-refractivity contribution in [1.29, 1.82) is 0 Å². The van der Waals surface area contributed by atoms with Gasteiger partial charge in [-0.2, -0.15) is 0 Å². The molecule has 0 rings (SSSR count). The summed E-state index contributed by atoms with van der Waals surface area (Å²) in [4.78, 5) is 16.2. The summed E-state index contributed by atoms with van der Waals surface area (Å²) in [5.41, 5.74) is -0.466. The Morgan fingerprint density at radius 1 is 1.35 bits per heavy atom. The molecule has 0 spiro atoms. The van der Waals surface area contributed by atoms with Gasteiger partial charge in [0.25, 0.3) is 0 Å². The predicted molar refractivity (Wildman–Crippen MR) is 67.4 cm³/mol. The maximum Gasteiger partial charge on any atom is 0.407 e. The van der Waals surface area contributed by atoms with Crippen molar-refractivity contribution in [1.82, 2.24) is 5.32 Å². The highest BCUT2D eigenvalue weighted by Gasteiger charge is 2.16. The molecule has 0 saturated carbocycles. The molecule has 0 saturated heterocycles. The van der Waals surface area contributed by atoms with Gasteiger partial charge in [-0.1, -0.05) is 13.8 Å². The quantitative estimate of drug-likeness (QED) is 0.705. The second-order valence-corrected chi connectivity index (χ2v) is 5.60. The minimum absolute atomic E-state index is 0.0232. The third-order valence-corrected chi connectivity index (χ3v) is 2.06. The van der Waals surface area contributed by atoms with Crippen LogP contribution in [0, 0.1) is 5.92 Å². The fourth-order valence-corrected chi connectivity index (χ4v) is 1.42. The largest absolute Gasteiger partial charge is 0.444 e. The SMILES string of the molecule is CC(C)CC(CCNC(=O)OC(C)(C)C)ON. The Morgan fingerprint density at radius 3 is 2.35 bits per heavy atom. The Labute approximate surface area is 104 Å². The van der Waals surface area contributed by atoms with Gasteiger partial charge in [-0.15, -0.1) is 0 Å². The zero-order chi connectivity index (χ0) is 13.5. The minimum Gasteiger partial charge on any atom is -0.444 e. The van der Waals surface area contributed by atoms with Crippen molar-refractivity contribution in [3.63, 3.8) is 0 Å². The van der Waals surface area contributed by atoms with Crippen LogP contribution in [0.3, 0.4) is 0 Å². The molecule has 0 radical (unpaired) electrons. The summed E-state index contributed by atoms with van der Waals surface area (Å²) in [5.74, 6) is 5.71. The van der Waals surface area contributed by atoms with Crippen molar-refractivity contribution < 1.29 is 14.4 Å². The van der Waals surface area contributed by atoms with E-state index in [0.29, 0.717) is 18.9 Å². The van der Waals surface area contributed by atoms with Gasteiger partial charge in [-0.3, -0.25) is 0 Å². The van der Waals surface area contributed by atoms with Gasteiger partial charge in [0.2, 0.25) is 0 Å². The average molecular weight is 246 g/mol. The standard InChI is InChI=1S/C12H26N2O3/c1-9(2)8-10(17-13)6-7-14-11(15)16-12(3,4)5/h9-10H,6-8,13H2,1-5H3,(H,14,15). The third kappa shape index (κ3) is 10.1. The molecule has 0 aliphatic rings. The highest BCUT2D eigenvalue weighted by atomic mass is 16.6. The molecular formula is C12H26N2O3. The van der Waals surface area contributed by atoms with Crippen LogP contribution in [-0.2, 0) is 9.57 Å². The van der Waals surface area contributed by atoms with Gasteiger partial charge in [0, 0.05) is 6.54 Å². The number of ether oxygens (including phenoxy) is 1. The molecule has 0 aliphatic heterocycles. The summed E-state index contributed by atoms with van der Waals surface area (Å²) in [6.07, 6.45) is 1.14. The number of carbonyl (C=O) groups is 1. The van der Waals surface area contributed by atoms with Gasteiger partial charge in [0.1, 0.15) is 5.60 Å². The average Bonchev–Trinajstić information content (AvgIpc) is 2.12. The zero-order valence-electron chi connectivity index (χ0n) is 11.6. The molecular weight excluding hydrogens is 220 g/mol. The van der Waals surface area contributed by atoms with Gasteiger partial charge in [-0.25, -0.2) is 10.7 Å². The van der Waals surface area contributed by atoms with Crippen molar-refractivity contribution in [2.24, 2.45) is 11.8 Å². The summed E-state index contributed by atoms with van der Waals surface area (Å²) in [6.45, 7) is 10.2. The lowest BCUT2D eigenvalue weighted by molar-refractivity contribution is 0.0300. The maximum absolute atomic E-state index is 11.3. The molecule has 17 heavy (non-hydrogen) atoms. The highest BCUT2D eigenvalue weighted by molar-refractivity contribution is 5.67. The van der Waals surface area contributed by atoms with Gasteiger partial charge in [0.15, 0.2) is 0 Å². The van der Waals surface area contributed by atoms with E-state index in [0.717, 1.165) is 6.42 Å². The Hall–Kier alpha value is -0.810. The first-order chi connectivity index (χ1) is 7.74. The molecule has 5 nitrogen and oxygen atoms in total. The summed E-state index contributed by atoms with van der Waals surface area (Å²) >= 11 is 0. The van der Waals surface area contributed by atoms with Gasteiger partial charge >= 0.3 is 6.09 Å². The van der Waals surface area contributed by atoms with E-state index in [1.165, 1.54) is 0 Å². The van der Waals surface area contributed by atoms with E-state index in [1.54, 1.807) is 0 Å². The zero-order valence-corrected chi connectivity index (χ0v) is 11.6. The lowest BCUT2D eigenvalue weighted by Crippen LogP contribution is -2.34. The van der Waals surface area contributed by atoms with Gasteiger partial charge in [0.05, 0.1) is 6.10 Å². The molecule has 0 bridgehead atoms. The van der Waals surface area contributed by atoms with Crippen LogP contribution >= 0.6 is 0 Å². The lowest BCUT2D eigenvalue weighted by Gasteiger charge is -2.20. The molecule has 0 heterocycles. The number of nitrogens with one attached hydrogen (secondary N) is 1. The van der Waals surface area contributed by atoms with Crippen molar-refractivity contribution in [2.75, 3.05) is 6.54 Å². The molecule has 0 aromatic carbocycles. The van der Waals surface area contributed by atoms with Crippen LogP contribution in [0.2, 0.25) is 0 Å². The van der Waals surface area contributed by atoms with Crippen LogP contribution in [-0.4, -0.2) is 24.3 Å². The first-order valence-corrected chi connectivity index (χ1v) is 6.07. The summed E-state index contributed by atoms with van der Waals surface area (Å²) in [7, 11) is 0. The second kappa shape index (κ2) is 7.50. The third-order valence-electron chi connectivity index (χ3n) is 2.06. The van der Waals surface area contributed by atoms with E-state index in [1.807, 2.05) is 20.8 Å². The van der Waals surface area contributed by atoms with E-state index in [2.05, 4.69) is 19.2 Å². The first-order valence-electron chi connectivity index (χ1n) is 6.07. The molecule has 1 atom stereocenters. The molecule has 1 amide bonds. The van der Waals surface area contributed by atoms with Crippen LogP contribution in [0.25, 0.3) is 0 Å². The molecule has 102 valence electrons. The molecule has 1 unspecified atom stereocenters. The molecule has 5 heteroatoms. The predicted octanol–water partition coefficient (Wildman–Crippen LogP) is 2.21. The Kier molecular flexibility index (Phi) is 7.15. The fraction of sp³-hybridized carbons (Fsp3) is 0.917. The molecule has 0 aromatic rings. The Morgan fingerprint density at radius 2 is 1.94 bits per heavy atom. The summed E-state index contributed by atoms with van der Waals surface area (Å²) < 4.78 is 5.11. The van der Waals surface area contributed by atoms with E-state index in [-0.39, 0.29) is 6.10 Å². The second-order valence-electron chi connectivity index (χ2n) is 5.60. The number of rotatable bonds is 6. The number of carbonyl (C=O) groups excluding carboxylic acids is 1. The van der Waals surface area contributed by atoms with E-state index in [9.17, 15) is 4.79 Å². The molecule has 0 aliphatic carbocycles. The highest BCUT2D eigenvalue weighted by Crippen LogP contribution is 2.10. The van der Waals surface area contributed by atoms with Crippen molar-refractivity contribution >= 4 is 6.09 Å². The summed E-state index contributed by atoms with van der Waals surface area (Å²) in [5, 5.41) is 2.68. The fourth-order valence-electron chi connectivity index (χ4n) is 1.42. The molecule has 3 N–H and O–H groups in total. The van der Waals surface area contributed by atoms with E-state index < -0.39 is 11.7 Å². The van der Waals surface area contributed by atoms with Crippen LogP contribution in [0.1, 0.15) is 47.5 Å². The lowest BCUT2D eigenvalue weighted by atomic mass is 10.0. The topological polar surface area (TPSA) is 73.6 Å². The van der Waals surface area contributed by atoms with Crippen molar-refractivity contribution in [3.8, 4) is 0 Å². The van der Waals surface area contributed by atoms with Crippen LogP contribution in [0.5, 0.6) is 0 Å². The number of amides is 1. The van der Waals surface area contributed by atoms with Gasteiger partial charge in [-0.05, 0) is 39.5 Å². The van der Waals surface area contributed by atoms with Crippen molar-refractivity contribution in [2.45, 2.75) is 59.2 Å². The number of hydrogen-bond donors (Lipinski definition) is 2. The minimum atomic E-state index is -0.466. The van der Waals surface area contributed by atoms with E-state index in [4.69, 9.17) is 15.5 Å². The summed E-state index contributed by atoms with van der Waals surface area (Å²) in [6, 6.07) is 0. The number of hydrogen-bond acceptors (Lipinski definition) is 4. The monoisotopic (exact) mass is 246 g/mol. The first kappa shape index (κ1) is 16.2. The van der Waals surface area contributed by atoms with Crippen LogP contribution < -0.4 is 11.2 Å². The van der Waals surface area contributed by atoms with Crippen LogP contribution in [0.4, 0.5) is 4.79 Å². The van der Waals surface area contributed by atoms with Gasteiger partial charge < -0.3 is 14.9 Å². The van der Waals surface area contributed by atoms with Crippen molar-refractivity contribution in [3.05, 3.63) is 0 Å².